The van der Waals surface area contributed by atoms with E-state index in [-0.39, 0.29) is 6.03 Å². The molecule has 0 spiro atoms. The monoisotopic (exact) mass is 254 g/mol. The number of nitrogens with zero attached hydrogens (tertiary/aromatic N) is 2. The van der Waals surface area contributed by atoms with Crippen molar-refractivity contribution >= 4 is 12.0 Å². The molecule has 2 atom stereocenters. The molecular formula is C13H22N2O3. The fraction of sp³-hybridized carbons (Fsp3) is 0.692. The van der Waals surface area contributed by atoms with Gasteiger partial charge in [0.15, 0.2) is 0 Å². The zero-order valence-corrected chi connectivity index (χ0v) is 11.3. The standard InChI is InChI=1S/C13H22N2O3/c1-9(2)8-14(4)13(18)15-6-5-10(3)7-11(15)12(16)17/h10-11H,1,5-8H2,2-4H3,(H,16,17). The third kappa shape index (κ3) is 3.48. The van der Waals surface area contributed by atoms with Gasteiger partial charge in [0.2, 0.25) is 0 Å². The molecule has 1 heterocycles. The number of amides is 2. The first-order valence-electron chi connectivity index (χ1n) is 6.21. The van der Waals surface area contributed by atoms with E-state index in [1.165, 1.54) is 9.80 Å². The molecule has 0 radical (unpaired) electrons. The molecule has 5 nitrogen and oxygen atoms in total. The molecule has 0 aromatic heterocycles. The number of carbonyl (C=O) groups is 2. The number of piperidine rings is 1. The third-order valence-corrected chi connectivity index (χ3v) is 3.23. The van der Waals surface area contributed by atoms with E-state index in [1.54, 1.807) is 7.05 Å². The van der Waals surface area contributed by atoms with Crippen molar-refractivity contribution in [3.63, 3.8) is 0 Å². The van der Waals surface area contributed by atoms with E-state index < -0.39 is 12.0 Å². The predicted octanol–water partition coefficient (Wildman–Crippen LogP) is 1.80. The van der Waals surface area contributed by atoms with Gasteiger partial charge in [0.25, 0.3) is 0 Å². The molecule has 2 unspecified atom stereocenters. The van der Waals surface area contributed by atoms with E-state index in [9.17, 15) is 14.7 Å². The van der Waals surface area contributed by atoms with Gasteiger partial charge in [-0.05, 0) is 25.7 Å². The van der Waals surface area contributed by atoms with Gasteiger partial charge in [0.05, 0.1) is 0 Å². The Hall–Kier alpha value is -1.52. The number of carbonyl (C=O) groups excluding carboxylic acids is 1. The SMILES string of the molecule is C=C(C)CN(C)C(=O)N1CCC(C)CC1C(=O)O. The first-order chi connectivity index (χ1) is 8.32. The molecule has 1 rings (SSSR count). The lowest BCUT2D eigenvalue weighted by Crippen LogP contribution is -2.53. The average Bonchev–Trinajstić information content (AvgIpc) is 2.26. The fourth-order valence-electron chi connectivity index (χ4n) is 2.30. The van der Waals surface area contributed by atoms with Crippen molar-refractivity contribution in [1.82, 2.24) is 9.80 Å². The second kappa shape index (κ2) is 5.89. The second-order valence-electron chi connectivity index (χ2n) is 5.27. The van der Waals surface area contributed by atoms with Crippen LogP contribution in [0.2, 0.25) is 0 Å². The topological polar surface area (TPSA) is 60.9 Å². The minimum absolute atomic E-state index is 0.225. The highest BCUT2D eigenvalue weighted by atomic mass is 16.4. The van der Waals surface area contributed by atoms with Crippen LogP contribution in [0.25, 0.3) is 0 Å². The summed E-state index contributed by atoms with van der Waals surface area (Å²) in [7, 11) is 1.67. The van der Waals surface area contributed by atoms with Crippen LogP contribution in [-0.4, -0.2) is 53.1 Å². The van der Waals surface area contributed by atoms with Crippen molar-refractivity contribution in [2.75, 3.05) is 20.1 Å². The van der Waals surface area contributed by atoms with E-state index in [0.717, 1.165) is 12.0 Å². The molecule has 2 amide bonds. The summed E-state index contributed by atoms with van der Waals surface area (Å²) in [6, 6.07) is -0.925. The number of likely N-dealkylation sites (tertiary alicyclic amines) is 1. The van der Waals surface area contributed by atoms with Crippen LogP contribution in [0.3, 0.4) is 0 Å². The average molecular weight is 254 g/mol. The first kappa shape index (κ1) is 14.5. The Bertz CT molecular complexity index is 354. The lowest BCUT2D eigenvalue weighted by molar-refractivity contribution is -0.144. The maximum absolute atomic E-state index is 12.2. The van der Waals surface area contributed by atoms with Gasteiger partial charge < -0.3 is 14.9 Å². The minimum Gasteiger partial charge on any atom is -0.480 e. The second-order valence-corrected chi connectivity index (χ2v) is 5.27. The van der Waals surface area contributed by atoms with Gasteiger partial charge >= 0.3 is 12.0 Å². The van der Waals surface area contributed by atoms with Crippen molar-refractivity contribution in [2.24, 2.45) is 5.92 Å². The summed E-state index contributed by atoms with van der Waals surface area (Å²) in [6.07, 6.45) is 1.39. The lowest BCUT2D eigenvalue weighted by Gasteiger charge is -2.38. The van der Waals surface area contributed by atoms with Gasteiger partial charge in [0, 0.05) is 20.1 Å². The number of hydrogen-bond acceptors (Lipinski definition) is 2. The number of hydrogen-bond donors (Lipinski definition) is 1. The van der Waals surface area contributed by atoms with Gasteiger partial charge in [-0.1, -0.05) is 19.1 Å². The van der Waals surface area contributed by atoms with Crippen LogP contribution in [0, 0.1) is 5.92 Å². The van der Waals surface area contributed by atoms with Crippen LogP contribution in [-0.2, 0) is 4.79 Å². The molecule has 0 aliphatic carbocycles. The van der Waals surface area contributed by atoms with Gasteiger partial charge in [-0.25, -0.2) is 9.59 Å². The number of carboxylic acid groups (broad SMARTS) is 1. The summed E-state index contributed by atoms with van der Waals surface area (Å²) in [5, 5.41) is 9.21. The van der Waals surface area contributed by atoms with Crippen LogP contribution in [0.15, 0.2) is 12.2 Å². The summed E-state index contributed by atoms with van der Waals surface area (Å²) >= 11 is 0. The largest absolute Gasteiger partial charge is 0.480 e. The summed E-state index contributed by atoms with van der Waals surface area (Å²) in [6.45, 7) is 8.59. The van der Waals surface area contributed by atoms with E-state index in [0.29, 0.717) is 25.4 Å². The maximum atomic E-state index is 12.2. The van der Waals surface area contributed by atoms with Crippen LogP contribution in [0.5, 0.6) is 0 Å². The molecule has 1 N–H and O–H groups in total. The van der Waals surface area contributed by atoms with E-state index >= 15 is 0 Å². The highest BCUT2D eigenvalue weighted by molar-refractivity contribution is 5.83. The fourth-order valence-corrected chi connectivity index (χ4v) is 2.30. The smallest absolute Gasteiger partial charge is 0.326 e. The molecule has 18 heavy (non-hydrogen) atoms. The van der Waals surface area contributed by atoms with E-state index in [2.05, 4.69) is 6.58 Å². The van der Waals surface area contributed by atoms with Gasteiger partial charge in [-0.3, -0.25) is 0 Å². The predicted molar refractivity (Wildman–Crippen MR) is 69.4 cm³/mol. The number of urea groups is 1. The number of likely N-dealkylation sites (N-methyl/N-ethyl adjacent to an activating group) is 1. The van der Waals surface area contributed by atoms with Crippen LogP contribution in [0.4, 0.5) is 4.79 Å². The molecule has 5 heteroatoms. The molecular weight excluding hydrogens is 232 g/mol. The Morgan fingerprint density at radius 2 is 2.11 bits per heavy atom. The zero-order chi connectivity index (χ0) is 13.9. The van der Waals surface area contributed by atoms with Crippen molar-refractivity contribution in [3.8, 4) is 0 Å². The Morgan fingerprint density at radius 1 is 1.50 bits per heavy atom. The van der Waals surface area contributed by atoms with E-state index in [4.69, 9.17) is 0 Å². The highest BCUT2D eigenvalue weighted by Gasteiger charge is 2.35. The zero-order valence-electron chi connectivity index (χ0n) is 11.3. The number of aliphatic carboxylic acids is 1. The van der Waals surface area contributed by atoms with Crippen molar-refractivity contribution in [3.05, 3.63) is 12.2 Å². The number of rotatable bonds is 3. The van der Waals surface area contributed by atoms with Gasteiger partial charge in [0.1, 0.15) is 6.04 Å². The summed E-state index contributed by atoms with van der Waals surface area (Å²) in [4.78, 5) is 26.4. The Labute approximate surface area is 108 Å². The third-order valence-electron chi connectivity index (χ3n) is 3.23. The van der Waals surface area contributed by atoms with Crippen LogP contribution >= 0.6 is 0 Å². The Balaban J connectivity index is 2.75. The van der Waals surface area contributed by atoms with Crippen molar-refractivity contribution in [1.29, 1.82) is 0 Å². The molecule has 102 valence electrons. The molecule has 0 bridgehead atoms. The van der Waals surface area contributed by atoms with Crippen LogP contribution in [0.1, 0.15) is 26.7 Å². The molecule has 0 saturated carbocycles. The minimum atomic E-state index is -0.918. The molecule has 0 aromatic carbocycles. The van der Waals surface area contributed by atoms with Gasteiger partial charge in [-0.15, -0.1) is 0 Å². The van der Waals surface area contributed by atoms with Crippen molar-refractivity contribution < 1.29 is 14.7 Å². The maximum Gasteiger partial charge on any atom is 0.326 e. The summed E-state index contributed by atoms with van der Waals surface area (Å²) in [5.41, 5.74) is 0.878. The lowest BCUT2D eigenvalue weighted by atomic mass is 9.92. The Morgan fingerprint density at radius 3 is 2.61 bits per heavy atom. The molecule has 0 aromatic rings. The number of carboxylic acids is 1. The molecule has 1 aliphatic rings. The first-order valence-corrected chi connectivity index (χ1v) is 6.21. The normalized spacial score (nSPS) is 23.6. The van der Waals surface area contributed by atoms with E-state index in [1.807, 2.05) is 13.8 Å². The highest BCUT2D eigenvalue weighted by Crippen LogP contribution is 2.23. The molecule has 1 saturated heterocycles. The summed E-state index contributed by atoms with van der Waals surface area (Å²) < 4.78 is 0. The Kier molecular flexibility index (Phi) is 4.76. The van der Waals surface area contributed by atoms with Crippen molar-refractivity contribution in [2.45, 2.75) is 32.7 Å². The van der Waals surface area contributed by atoms with Crippen LogP contribution < -0.4 is 0 Å². The van der Waals surface area contributed by atoms with Gasteiger partial charge in [-0.2, -0.15) is 0 Å². The molecule has 1 aliphatic heterocycles. The summed E-state index contributed by atoms with van der Waals surface area (Å²) in [5.74, 6) is -0.569. The quantitative estimate of drug-likeness (QED) is 0.781. The molecule has 1 fully saturated rings.